The third kappa shape index (κ3) is 2.95. The average Bonchev–Trinajstić information content (AvgIpc) is 2.89. The van der Waals surface area contributed by atoms with Crippen molar-refractivity contribution >= 4 is 48.6 Å². The Balaban J connectivity index is 2.19. The first-order valence-electron chi connectivity index (χ1n) is 7.26. The number of carbonyl (C=O) groups is 1. The molecule has 3 nitrogen and oxygen atoms in total. The molecule has 3 rings (SSSR count). The molecule has 0 unspecified atom stereocenters. The van der Waals surface area contributed by atoms with Crippen LogP contribution in [0.2, 0.25) is 0 Å². The van der Waals surface area contributed by atoms with Crippen LogP contribution in [0.3, 0.4) is 0 Å². The van der Waals surface area contributed by atoms with E-state index < -0.39 is 0 Å². The van der Waals surface area contributed by atoms with E-state index >= 15 is 0 Å². The number of carbonyl (C=O) groups excluding carboxylic acids is 1. The summed E-state index contributed by atoms with van der Waals surface area (Å²) in [7, 11) is 0. The summed E-state index contributed by atoms with van der Waals surface area (Å²) < 4.78 is 6.82. The van der Waals surface area contributed by atoms with Gasteiger partial charge in [0.2, 0.25) is 0 Å². The zero-order valence-corrected chi connectivity index (χ0v) is 15.6. The lowest BCUT2D eigenvalue weighted by Gasteiger charge is -2.06. The number of halogens is 2. The number of phenols is 1. The molecule has 118 valence electrons. The predicted octanol–water partition coefficient (Wildman–Crippen LogP) is 5.85. The minimum Gasteiger partial charge on any atom is -0.506 e. The summed E-state index contributed by atoms with van der Waals surface area (Å²) in [6, 6.07) is 10.8. The number of fused-ring (bicyclic) bond motifs is 1. The van der Waals surface area contributed by atoms with Crippen LogP contribution in [-0.4, -0.2) is 10.9 Å². The standard InChI is InChI=1S/C18H14Br2O3/c1-2-5-15-16(11-6-3-4-7-14(11)23-15)17(21)10-8-12(19)18(22)13(20)9-10/h3-4,6-9,22H,2,5H2,1H3. The van der Waals surface area contributed by atoms with Crippen LogP contribution >= 0.6 is 31.9 Å². The van der Waals surface area contributed by atoms with E-state index in [4.69, 9.17) is 4.42 Å². The molecule has 0 amide bonds. The van der Waals surface area contributed by atoms with Gasteiger partial charge in [0.15, 0.2) is 5.78 Å². The highest BCUT2D eigenvalue weighted by Gasteiger charge is 2.22. The predicted molar refractivity (Wildman–Crippen MR) is 97.1 cm³/mol. The second-order valence-corrected chi connectivity index (χ2v) is 6.97. The van der Waals surface area contributed by atoms with Crippen LogP contribution < -0.4 is 0 Å². The molecule has 0 aliphatic carbocycles. The Morgan fingerprint density at radius 2 is 1.83 bits per heavy atom. The molecule has 3 aromatic rings. The fourth-order valence-corrected chi connectivity index (χ4v) is 3.78. The Morgan fingerprint density at radius 3 is 2.48 bits per heavy atom. The zero-order valence-electron chi connectivity index (χ0n) is 12.4. The first kappa shape index (κ1) is 16.3. The molecular weight excluding hydrogens is 424 g/mol. The third-order valence-electron chi connectivity index (χ3n) is 3.65. The molecule has 0 aliphatic heterocycles. The summed E-state index contributed by atoms with van der Waals surface area (Å²) in [6.45, 7) is 2.05. The van der Waals surface area contributed by atoms with Crippen molar-refractivity contribution < 1.29 is 14.3 Å². The molecule has 1 N–H and O–H groups in total. The number of para-hydroxylation sites is 1. The second kappa shape index (κ2) is 6.49. The Labute approximate surface area is 150 Å². The van der Waals surface area contributed by atoms with E-state index in [1.54, 1.807) is 12.1 Å². The topological polar surface area (TPSA) is 50.4 Å². The van der Waals surface area contributed by atoms with Crippen molar-refractivity contribution in [1.29, 1.82) is 0 Å². The summed E-state index contributed by atoms with van der Waals surface area (Å²) in [5.41, 5.74) is 1.81. The van der Waals surface area contributed by atoms with E-state index in [0.717, 1.165) is 17.4 Å². The Hall–Kier alpha value is -1.59. The number of rotatable bonds is 4. The highest BCUT2D eigenvalue weighted by atomic mass is 79.9. The maximum absolute atomic E-state index is 13.0. The van der Waals surface area contributed by atoms with E-state index in [0.29, 0.717) is 32.3 Å². The van der Waals surface area contributed by atoms with Gasteiger partial charge in [0.1, 0.15) is 17.1 Å². The highest BCUT2D eigenvalue weighted by molar-refractivity contribution is 9.11. The molecule has 0 saturated carbocycles. The number of aryl methyl sites for hydroxylation is 1. The lowest BCUT2D eigenvalue weighted by molar-refractivity contribution is 0.103. The summed E-state index contributed by atoms with van der Waals surface area (Å²) in [6.07, 6.45) is 1.60. The van der Waals surface area contributed by atoms with Gasteiger partial charge in [-0.15, -0.1) is 0 Å². The minimum absolute atomic E-state index is 0.0763. The van der Waals surface area contributed by atoms with Crippen LogP contribution in [0, 0.1) is 0 Å². The van der Waals surface area contributed by atoms with Crippen molar-refractivity contribution in [2.75, 3.05) is 0 Å². The van der Waals surface area contributed by atoms with Crippen molar-refractivity contribution in [2.45, 2.75) is 19.8 Å². The van der Waals surface area contributed by atoms with Crippen molar-refractivity contribution in [3.05, 3.63) is 62.2 Å². The van der Waals surface area contributed by atoms with Gasteiger partial charge in [-0.1, -0.05) is 25.1 Å². The van der Waals surface area contributed by atoms with E-state index in [2.05, 4.69) is 38.8 Å². The molecule has 1 aromatic heterocycles. The lowest BCUT2D eigenvalue weighted by atomic mass is 9.98. The monoisotopic (exact) mass is 436 g/mol. The first-order chi connectivity index (χ1) is 11.0. The molecule has 0 bridgehead atoms. The summed E-state index contributed by atoms with van der Waals surface area (Å²) in [5, 5.41) is 10.7. The number of hydrogen-bond acceptors (Lipinski definition) is 3. The molecule has 2 aromatic carbocycles. The molecule has 0 saturated heterocycles. The van der Waals surface area contributed by atoms with Gasteiger partial charge in [-0.05, 0) is 56.5 Å². The SMILES string of the molecule is CCCc1oc2ccccc2c1C(=O)c1cc(Br)c(O)c(Br)c1. The van der Waals surface area contributed by atoms with Gasteiger partial charge in [0, 0.05) is 17.4 Å². The van der Waals surface area contributed by atoms with Crippen LogP contribution in [0.25, 0.3) is 11.0 Å². The van der Waals surface area contributed by atoms with Gasteiger partial charge in [-0.25, -0.2) is 0 Å². The largest absolute Gasteiger partial charge is 0.506 e. The fraction of sp³-hybridized carbons (Fsp3) is 0.167. The molecule has 0 radical (unpaired) electrons. The highest BCUT2D eigenvalue weighted by Crippen LogP contribution is 2.35. The molecule has 23 heavy (non-hydrogen) atoms. The van der Waals surface area contributed by atoms with E-state index in [9.17, 15) is 9.90 Å². The number of furan rings is 1. The molecular formula is C18H14Br2O3. The normalized spacial score (nSPS) is 11.1. The average molecular weight is 438 g/mol. The Kier molecular flexibility index (Phi) is 4.60. The zero-order chi connectivity index (χ0) is 16.6. The Bertz CT molecular complexity index is 873. The van der Waals surface area contributed by atoms with Gasteiger partial charge >= 0.3 is 0 Å². The summed E-state index contributed by atoms with van der Waals surface area (Å²) >= 11 is 6.54. The van der Waals surface area contributed by atoms with Gasteiger partial charge in [-0.2, -0.15) is 0 Å². The smallest absolute Gasteiger partial charge is 0.197 e. The van der Waals surface area contributed by atoms with Crippen molar-refractivity contribution in [3.63, 3.8) is 0 Å². The third-order valence-corrected chi connectivity index (χ3v) is 4.86. The molecule has 0 fully saturated rings. The Morgan fingerprint density at radius 1 is 1.17 bits per heavy atom. The van der Waals surface area contributed by atoms with Crippen molar-refractivity contribution in [2.24, 2.45) is 0 Å². The van der Waals surface area contributed by atoms with Crippen LogP contribution in [0.1, 0.15) is 35.0 Å². The van der Waals surface area contributed by atoms with Crippen molar-refractivity contribution in [1.82, 2.24) is 0 Å². The second-order valence-electron chi connectivity index (χ2n) is 5.26. The van der Waals surface area contributed by atoms with Gasteiger partial charge in [0.25, 0.3) is 0 Å². The number of phenolic OH excluding ortho intramolecular Hbond substituents is 1. The molecule has 0 atom stereocenters. The number of aromatic hydroxyl groups is 1. The van der Waals surface area contributed by atoms with Crippen LogP contribution in [0.4, 0.5) is 0 Å². The molecule has 1 heterocycles. The maximum Gasteiger partial charge on any atom is 0.197 e. The van der Waals surface area contributed by atoms with E-state index in [1.807, 2.05) is 24.3 Å². The molecule has 0 aliphatic rings. The quantitative estimate of drug-likeness (QED) is 0.521. The van der Waals surface area contributed by atoms with E-state index in [1.165, 1.54) is 0 Å². The van der Waals surface area contributed by atoms with Crippen LogP contribution in [0.15, 0.2) is 49.8 Å². The number of benzene rings is 2. The molecule has 0 spiro atoms. The van der Waals surface area contributed by atoms with Gasteiger partial charge in [0.05, 0.1) is 14.5 Å². The van der Waals surface area contributed by atoms with Crippen LogP contribution in [0.5, 0.6) is 5.75 Å². The number of hydrogen-bond donors (Lipinski definition) is 1. The fourth-order valence-electron chi connectivity index (χ4n) is 2.59. The maximum atomic E-state index is 13.0. The number of ketones is 1. The summed E-state index contributed by atoms with van der Waals surface area (Å²) in [5.74, 6) is 0.672. The van der Waals surface area contributed by atoms with Gasteiger partial charge < -0.3 is 9.52 Å². The van der Waals surface area contributed by atoms with E-state index in [-0.39, 0.29) is 11.5 Å². The first-order valence-corrected chi connectivity index (χ1v) is 8.84. The summed E-state index contributed by atoms with van der Waals surface area (Å²) in [4.78, 5) is 13.0. The van der Waals surface area contributed by atoms with Gasteiger partial charge in [-0.3, -0.25) is 4.79 Å². The van der Waals surface area contributed by atoms with Crippen LogP contribution in [-0.2, 0) is 6.42 Å². The van der Waals surface area contributed by atoms with Crippen molar-refractivity contribution in [3.8, 4) is 5.75 Å². The molecule has 5 heteroatoms. The minimum atomic E-state index is -0.111. The lowest BCUT2D eigenvalue weighted by Crippen LogP contribution is -2.04.